The van der Waals surface area contributed by atoms with Crippen LogP contribution in [0.5, 0.6) is 0 Å². The van der Waals surface area contributed by atoms with Gasteiger partial charge in [0, 0.05) is 45.3 Å². The zero-order valence-corrected chi connectivity index (χ0v) is 19.5. The van der Waals surface area contributed by atoms with Gasteiger partial charge in [0.15, 0.2) is 0 Å². The number of thiophene rings is 1. The highest BCUT2D eigenvalue weighted by molar-refractivity contribution is 7.91. The molecule has 1 aliphatic rings. The Morgan fingerprint density at radius 1 is 1.20 bits per heavy atom. The lowest BCUT2D eigenvalue weighted by Crippen LogP contribution is -2.39. The van der Waals surface area contributed by atoms with Gasteiger partial charge in [-0.2, -0.15) is 4.31 Å². The molecule has 0 spiro atoms. The third-order valence-corrected chi connectivity index (χ3v) is 8.98. The van der Waals surface area contributed by atoms with Crippen LogP contribution in [0.2, 0.25) is 4.34 Å². The molecule has 2 heterocycles. The summed E-state index contributed by atoms with van der Waals surface area (Å²) in [4.78, 5) is 14.4. The van der Waals surface area contributed by atoms with Crippen molar-refractivity contribution in [1.82, 2.24) is 9.62 Å². The Bertz CT molecular complexity index is 926. The molecule has 1 aromatic carbocycles. The second kappa shape index (κ2) is 10.6. The summed E-state index contributed by atoms with van der Waals surface area (Å²) in [5.41, 5.74) is 1.16. The van der Waals surface area contributed by atoms with Gasteiger partial charge in [0.2, 0.25) is 5.91 Å². The Morgan fingerprint density at radius 2 is 1.90 bits per heavy atom. The Hall–Kier alpha value is -1.61. The molecule has 1 saturated heterocycles. The highest BCUT2D eigenvalue weighted by atomic mass is 35.5. The van der Waals surface area contributed by atoms with Crippen LogP contribution >= 0.6 is 22.9 Å². The molecular weight excluding hydrogens is 442 g/mol. The quantitative estimate of drug-likeness (QED) is 0.566. The predicted octanol–water partition coefficient (Wildman–Crippen LogP) is 3.84. The van der Waals surface area contributed by atoms with Crippen LogP contribution in [0, 0.1) is 5.92 Å². The fraction of sp³-hybridized carbons (Fsp3) is 0.476. The number of piperidine rings is 1. The molecule has 164 valence electrons. The number of para-hydroxylation sites is 1. The normalized spacial score (nSPS) is 15.8. The second-order valence-corrected chi connectivity index (χ2v) is 11.5. The third-order valence-electron chi connectivity index (χ3n) is 5.38. The molecular formula is C21H28ClN3O3S2. The first kappa shape index (κ1) is 23.1. The molecule has 1 aromatic heterocycles. The van der Waals surface area contributed by atoms with E-state index in [0.29, 0.717) is 43.2 Å². The van der Waals surface area contributed by atoms with Gasteiger partial charge in [-0.25, -0.2) is 8.42 Å². The van der Waals surface area contributed by atoms with E-state index in [1.165, 1.54) is 4.31 Å². The van der Waals surface area contributed by atoms with Crippen molar-refractivity contribution in [3.05, 3.63) is 46.8 Å². The molecule has 2 aromatic rings. The first-order valence-corrected chi connectivity index (χ1v) is 12.8. The number of amides is 1. The number of hydrogen-bond acceptors (Lipinski definition) is 5. The molecule has 0 atom stereocenters. The minimum Gasteiger partial charge on any atom is -0.375 e. The average molecular weight is 470 g/mol. The van der Waals surface area contributed by atoms with E-state index in [1.807, 2.05) is 25.2 Å². The topological polar surface area (TPSA) is 69.7 Å². The summed E-state index contributed by atoms with van der Waals surface area (Å²) in [7, 11) is -1.43. The van der Waals surface area contributed by atoms with Crippen molar-refractivity contribution in [2.75, 3.05) is 38.1 Å². The number of carbonyl (C=O) groups excluding carboxylic acids is 1. The lowest BCUT2D eigenvalue weighted by molar-refractivity contribution is -0.122. The number of sulfonamides is 1. The van der Waals surface area contributed by atoms with Crippen molar-refractivity contribution in [2.45, 2.75) is 29.9 Å². The van der Waals surface area contributed by atoms with Crippen LogP contribution in [-0.4, -0.2) is 51.9 Å². The van der Waals surface area contributed by atoms with Crippen LogP contribution in [0.1, 0.15) is 25.7 Å². The fourth-order valence-corrected chi connectivity index (χ4v) is 6.71. The SMILES string of the molecule is CN(CCCNC(=O)CC1CCN(S(=O)(=O)c2ccc(Cl)s2)CC1)c1ccccc1. The largest absolute Gasteiger partial charge is 0.375 e. The summed E-state index contributed by atoms with van der Waals surface area (Å²) >= 11 is 6.95. The minimum atomic E-state index is -3.48. The van der Waals surface area contributed by atoms with Crippen molar-refractivity contribution in [3.8, 4) is 0 Å². The lowest BCUT2D eigenvalue weighted by Gasteiger charge is -2.30. The number of carbonyl (C=O) groups is 1. The Kier molecular flexibility index (Phi) is 8.16. The number of benzene rings is 1. The minimum absolute atomic E-state index is 0.0451. The van der Waals surface area contributed by atoms with Crippen LogP contribution in [-0.2, 0) is 14.8 Å². The van der Waals surface area contributed by atoms with E-state index in [-0.39, 0.29) is 16.0 Å². The molecule has 6 nitrogen and oxygen atoms in total. The highest BCUT2D eigenvalue weighted by Gasteiger charge is 2.31. The van der Waals surface area contributed by atoms with E-state index in [9.17, 15) is 13.2 Å². The summed E-state index contributed by atoms with van der Waals surface area (Å²) in [6.45, 7) is 2.39. The van der Waals surface area contributed by atoms with Gasteiger partial charge in [0.05, 0.1) is 4.34 Å². The molecule has 0 unspecified atom stereocenters. The van der Waals surface area contributed by atoms with Gasteiger partial charge in [-0.1, -0.05) is 29.8 Å². The molecule has 30 heavy (non-hydrogen) atoms. The predicted molar refractivity (Wildman–Crippen MR) is 123 cm³/mol. The van der Waals surface area contributed by atoms with Crippen molar-refractivity contribution >= 4 is 44.6 Å². The van der Waals surface area contributed by atoms with Crippen molar-refractivity contribution in [1.29, 1.82) is 0 Å². The van der Waals surface area contributed by atoms with E-state index < -0.39 is 10.0 Å². The average Bonchev–Trinajstić information content (AvgIpc) is 3.19. The molecule has 0 saturated carbocycles. The highest BCUT2D eigenvalue weighted by Crippen LogP contribution is 2.31. The van der Waals surface area contributed by atoms with E-state index in [1.54, 1.807) is 12.1 Å². The maximum absolute atomic E-state index is 12.7. The summed E-state index contributed by atoms with van der Waals surface area (Å²) in [6.07, 6.45) is 2.72. The number of nitrogens with zero attached hydrogens (tertiary/aromatic N) is 2. The zero-order valence-electron chi connectivity index (χ0n) is 17.1. The molecule has 0 aliphatic carbocycles. The van der Waals surface area contributed by atoms with Crippen molar-refractivity contribution in [3.63, 3.8) is 0 Å². The van der Waals surface area contributed by atoms with Gasteiger partial charge in [0.1, 0.15) is 4.21 Å². The summed E-state index contributed by atoms with van der Waals surface area (Å²) < 4.78 is 27.6. The molecule has 0 bridgehead atoms. The van der Waals surface area contributed by atoms with Gasteiger partial charge < -0.3 is 10.2 Å². The Morgan fingerprint density at radius 3 is 2.53 bits per heavy atom. The van der Waals surface area contributed by atoms with E-state index >= 15 is 0 Å². The molecule has 1 fully saturated rings. The summed E-state index contributed by atoms with van der Waals surface area (Å²) in [5, 5.41) is 3.00. The van der Waals surface area contributed by atoms with Crippen LogP contribution in [0.4, 0.5) is 5.69 Å². The van der Waals surface area contributed by atoms with Gasteiger partial charge in [-0.15, -0.1) is 11.3 Å². The third kappa shape index (κ3) is 6.20. The first-order valence-electron chi connectivity index (χ1n) is 10.1. The molecule has 0 radical (unpaired) electrons. The van der Waals surface area contributed by atoms with E-state index in [2.05, 4.69) is 22.3 Å². The Balaban J connectivity index is 1.35. The van der Waals surface area contributed by atoms with Gasteiger partial charge in [0.25, 0.3) is 10.0 Å². The molecule has 3 rings (SSSR count). The maximum atomic E-state index is 12.7. The van der Waals surface area contributed by atoms with Gasteiger partial charge in [-0.3, -0.25) is 4.79 Å². The molecule has 1 aliphatic heterocycles. The monoisotopic (exact) mass is 469 g/mol. The summed E-state index contributed by atoms with van der Waals surface area (Å²) in [5.74, 6) is 0.263. The second-order valence-electron chi connectivity index (χ2n) is 7.57. The van der Waals surface area contributed by atoms with E-state index in [0.717, 1.165) is 30.0 Å². The van der Waals surface area contributed by atoms with Crippen LogP contribution in [0.25, 0.3) is 0 Å². The van der Waals surface area contributed by atoms with Gasteiger partial charge >= 0.3 is 0 Å². The molecule has 1 amide bonds. The number of rotatable bonds is 9. The standard InChI is InChI=1S/C21H28ClN3O3S2/c1-24(18-6-3-2-4-7-18)13-5-12-23-20(26)16-17-10-14-25(15-11-17)30(27,28)21-9-8-19(22)29-21/h2-4,6-9,17H,5,10-16H2,1H3,(H,23,26). The first-order chi connectivity index (χ1) is 14.4. The number of halogens is 1. The van der Waals surface area contributed by atoms with Crippen LogP contribution in [0.15, 0.2) is 46.7 Å². The van der Waals surface area contributed by atoms with Crippen LogP contribution < -0.4 is 10.2 Å². The van der Waals surface area contributed by atoms with Crippen molar-refractivity contribution in [2.24, 2.45) is 5.92 Å². The maximum Gasteiger partial charge on any atom is 0.252 e. The fourth-order valence-electron chi connectivity index (χ4n) is 3.61. The van der Waals surface area contributed by atoms with Gasteiger partial charge in [-0.05, 0) is 49.4 Å². The molecule has 1 N–H and O–H groups in total. The van der Waals surface area contributed by atoms with Crippen LogP contribution in [0.3, 0.4) is 0 Å². The molecule has 9 heteroatoms. The number of anilines is 1. The number of nitrogens with one attached hydrogen (secondary N) is 1. The lowest BCUT2D eigenvalue weighted by atomic mass is 9.94. The smallest absolute Gasteiger partial charge is 0.252 e. The Labute approximate surface area is 187 Å². The zero-order chi connectivity index (χ0) is 21.6. The number of hydrogen-bond donors (Lipinski definition) is 1. The van der Waals surface area contributed by atoms with Crippen molar-refractivity contribution < 1.29 is 13.2 Å². The summed E-state index contributed by atoms with van der Waals surface area (Å²) in [6, 6.07) is 13.3. The van der Waals surface area contributed by atoms with E-state index in [4.69, 9.17) is 11.6 Å².